The second kappa shape index (κ2) is 7.54. The van der Waals surface area contributed by atoms with Crippen LogP contribution in [0.2, 0.25) is 5.02 Å². The normalized spacial score (nSPS) is 33.7. The van der Waals surface area contributed by atoms with E-state index >= 15 is 0 Å². The average molecular weight is 421 g/mol. The summed E-state index contributed by atoms with van der Waals surface area (Å²) >= 11 is 6.42. The molecule has 0 unspecified atom stereocenters. The van der Waals surface area contributed by atoms with Crippen molar-refractivity contribution in [3.05, 3.63) is 64.2 Å². The van der Waals surface area contributed by atoms with Crippen molar-refractivity contribution >= 4 is 11.6 Å². The monoisotopic (exact) mass is 420 g/mol. The van der Waals surface area contributed by atoms with Gasteiger partial charge < -0.3 is 29.5 Å². The summed E-state index contributed by atoms with van der Waals surface area (Å²) in [6.07, 6.45) is -3.51. The molecule has 7 heteroatoms. The van der Waals surface area contributed by atoms with Crippen LogP contribution in [0.5, 0.6) is 5.75 Å². The molecule has 2 aliphatic rings. The van der Waals surface area contributed by atoms with E-state index in [1.54, 1.807) is 19.1 Å². The van der Waals surface area contributed by atoms with Crippen molar-refractivity contribution in [1.29, 1.82) is 0 Å². The fourth-order valence-electron chi connectivity index (χ4n) is 4.04. The molecule has 0 saturated carbocycles. The third-order valence-electron chi connectivity index (χ3n) is 5.70. The number of aliphatic hydroxyl groups is 3. The van der Waals surface area contributed by atoms with E-state index in [1.165, 1.54) is 0 Å². The van der Waals surface area contributed by atoms with Gasteiger partial charge in [0.05, 0.1) is 13.2 Å². The lowest BCUT2D eigenvalue weighted by molar-refractivity contribution is -0.322. The van der Waals surface area contributed by atoms with E-state index in [-0.39, 0.29) is 6.61 Å². The Morgan fingerprint density at radius 2 is 1.83 bits per heavy atom. The fourth-order valence-corrected chi connectivity index (χ4v) is 4.22. The molecule has 156 valence electrons. The van der Waals surface area contributed by atoms with Crippen molar-refractivity contribution < 1.29 is 29.5 Å². The van der Waals surface area contributed by atoms with E-state index in [2.05, 4.69) is 0 Å². The number of rotatable bonds is 5. The standard InChI is InChI=1S/C22H25ClO6/c1-3-27-16-7-4-13(5-8-16)10-14-11-15(6-9-17(14)23)22-20(26)18(24)19(25)21(2,29-22)12-28-22/h4-9,11,18-20,24-26H,3,10,12H2,1-2H3/t18-,19-,20+,21-,22-/m0/s1. The second-order valence-electron chi connectivity index (χ2n) is 7.81. The number of ether oxygens (including phenoxy) is 3. The molecule has 0 spiro atoms. The van der Waals surface area contributed by atoms with Crippen LogP contribution in [0.15, 0.2) is 42.5 Å². The number of benzene rings is 2. The lowest BCUT2D eigenvalue weighted by Gasteiger charge is -2.45. The van der Waals surface area contributed by atoms with Gasteiger partial charge in [-0.3, -0.25) is 0 Å². The van der Waals surface area contributed by atoms with E-state index in [4.69, 9.17) is 25.8 Å². The van der Waals surface area contributed by atoms with Crippen LogP contribution in [0.1, 0.15) is 30.5 Å². The topological polar surface area (TPSA) is 88.4 Å². The molecule has 2 bridgehead atoms. The highest BCUT2D eigenvalue weighted by atomic mass is 35.5. The Balaban J connectivity index is 1.65. The summed E-state index contributed by atoms with van der Waals surface area (Å²) < 4.78 is 17.3. The summed E-state index contributed by atoms with van der Waals surface area (Å²) in [7, 11) is 0. The molecule has 0 radical (unpaired) electrons. The third kappa shape index (κ3) is 3.44. The van der Waals surface area contributed by atoms with Gasteiger partial charge in [-0.1, -0.05) is 29.8 Å². The van der Waals surface area contributed by atoms with Gasteiger partial charge in [0.25, 0.3) is 0 Å². The Bertz CT molecular complexity index is 887. The molecule has 2 saturated heterocycles. The van der Waals surface area contributed by atoms with Crippen LogP contribution in [-0.2, 0) is 21.7 Å². The molecule has 2 aromatic rings. The SMILES string of the molecule is CCOc1ccc(Cc2cc([C@]34OC[C@](C)(O3)[C@@H](O)[C@H](O)[C@H]4O)ccc2Cl)cc1. The van der Waals surface area contributed by atoms with Gasteiger partial charge in [0.2, 0.25) is 5.79 Å². The number of hydrogen-bond donors (Lipinski definition) is 3. The Morgan fingerprint density at radius 1 is 1.10 bits per heavy atom. The summed E-state index contributed by atoms with van der Waals surface area (Å²) in [5, 5.41) is 31.9. The molecule has 2 aromatic carbocycles. The average Bonchev–Trinajstić information content (AvgIpc) is 3.06. The van der Waals surface area contributed by atoms with Crippen molar-refractivity contribution in [2.24, 2.45) is 0 Å². The minimum absolute atomic E-state index is 0.0547. The minimum Gasteiger partial charge on any atom is -0.494 e. The van der Waals surface area contributed by atoms with Crippen LogP contribution in [0.4, 0.5) is 0 Å². The Hall–Kier alpha value is -1.67. The van der Waals surface area contributed by atoms with Crippen LogP contribution >= 0.6 is 11.6 Å². The molecular weight excluding hydrogens is 396 g/mol. The highest BCUT2D eigenvalue weighted by Gasteiger charge is 2.65. The zero-order chi connectivity index (χ0) is 20.8. The second-order valence-corrected chi connectivity index (χ2v) is 8.22. The maximum atomic E-state index is 10.7. The lowest BCUT2D eigenvalue weighted by Crippen LogP contribution is -2.63. The molecule has 2 fully saturated rings. The summed E-state index contributed by atoms with van der Waals surface area (Å²) in [5.74, 6) is -0.745. The summed E-state index contributed by atoms with van der Waals surface area (Å²) in [4.78, 5) is 0. The first kappa shape index (κ1) is 20.6. The molecule has 4 rings (SSSR count). The van der Waals surface area contributed by atoms with E-state index in [0.717, 1.165) is 16.9 Å². The zero-order valence-electron chi connectivity index (χ0n) is 16.3. The van der Waals surface area contributed by atoms with Crippen molar-refractivity contribution in [1.82, 2.24) is 0 Å². The largest absolute Gasteiger partial charge is 0.494 e. The van der Waals surface area contributed by atoms with Crippen molar-refractivity contribution in [3.8, 4) is 5.75 Å². The molecule has 0 aliphatic carbocycles. The van der Waals surface area contributed by atoms with Gasteiger partial charge in [-0.05, 0) is 55.7 Å². The predicted octanol–water partition coefficient (Wildman–Crippen LogP) is 2.38. The molecule has 6 nitrogen and oxygen atoms in total. The van der Waals surface area contributed by atoms with E-state index < -0.39 is 29.7 Å². The molecule has 29 heavy (non-hydrogen) atoms. The maximum absolute atomic E-state index is 10.7. The van der Waals surface area contributed by atoms with Gasteiger partial charge in [-0.2, -0.15) is 0 Å². The Labute approximate surface area is 174 Å². The zero-order valence-corrected chi connectivity index (χ0v) is 17.1. The highest BCUT2D eigenvalue weighted by Crippen LogP contribution is 2.49. The Morgan fingerprint density at radius 3 is 2.52 bits per heavy atom. The van der Waals surface area contributed by atoms with Gasteiger partial charge >= 0.3 is 0 Å². The summed E-state index contributed by atoms with van der Waals surface area (Å²) in [6.45, 7) is 4.26. The van der Waals surface area contributed by atoms with Gasteiger partial charge in [-0.25, -0.2) is 0 Å². The molecule has 0 amide bonds. The van der Waals surface area contributed by atoms with Crippen LogP contribution in [0.25, 0.3) is 0 Å². The van der Waals surface area contributed by atoms with Gasteiger partial charge in [0, 0.05) is 10.6 Å². The highest BCUT2D eigenvalue weighted by molar-refractivity contribution is 6.31. The first-order chi connectivity index (χ1) is 13.8. The Kier molecular flexibility index (Phi) is 5.36. The quantitative estimate of drug-likeness (QED) is 0.688. The number of aliphatic hydroxyl groups excluding tert-OH is 3. The lowest BCUT2D eigenvalue weighted by atomic mass is 9.84. The van der Waals surface area contributed by atoms with Gasteiger partial charge in [-0.15, -0.1) is 0 Å². The van der Waals surface area contributed by atoms with Crippen molar-refractivity contribution in [2.75, 3.05) is 13.2 Å². The minimum atomic E-state index is -1.55. The van der Waals surface area contributed by atoms with Crippen LogP contribution in [0.3, 0.4) is 0 Å². The van der Waals surface area contributed by atoms with Gasteiger partial charge in [0.1, 0.15) is 29.7 Å². The third-order valence-corrected chi connectivity index (χ3v) is 6.07. The van der Waals surface area contributed by atoms with E-state index in [9.17, 15) is 15.3 Å². The van der Waals surface area contributed by atoms with Crippen LogP contribution in [0, 0.1) is 0 Å². The molecule has 2 heterocycles. The molecule has 0 aromatic heterocycles. The van der Waals surface area contributed by atoms with Crippen LogP contribution < -0.4 is 4.74 Å². The summed E-state index contributed by atoms with van der Waals surface area (Å²) in [6, 6.07) is 13.0. The molecule has 2 aliphatic heterocycles. The van der Waals surface area contributed by atoms with Gasteiger partial charge in [0.15, 0.2) is 0 Å². The first-order valence-electron chi connectivity index (χ1n) is 9.68. The number of halogens is 1. The predicted molar refractivity (Wildman–Crippen MR) is 107 cm³/mol. The number of fused-ring (bicyclic) bond motifs is 2. The fraction of sp³-hybridized carbons (Fsp3) is 0.455. The van der Waals surface area contributed by atoms with Crippen molar-refractivity contribution in [3.63, 3.8) is 0 Å². The molecular formula is C22H25ClO6. The number of hydrogen-bond acceptors (Lipinski definition) is 6. The van der Waals surface area contributed by atoms with Crippen LogP contribution in [-0.4, -0.2) is 52.4 Å². The summed E-state index contributed by atoms with van der Waals surface area (Å²) in [5.41, 5.74) is 1.32. The smallest absolute Gasteiger partial charge is 0.225 e. The molecule has 5 atom stereocenters. The molecule has 3 N–H and O–H groups in total. The van der Waals surface area contributed by atoms with E-state index in [0.29, 0.717) is 23.6 Å². The maximum Gasteiger partial charge on any atom is 0.225 e. The van der Waals surface area contributed by atoms with E-state index in [1.807, 2.05) is 37.3 Å². The van der Waals surface area contributed by atoms with Crippen molar-refractivity contribution in [2.45, 2.75) is 50.0 Å². The first-order valence-corrected chi connectivity index (χ1v) is 10.1.